The molecule has 1 aromatic heterocycles. The minimum absolute atomic E-state index is 0.213. The van der Waals surface area contributed by atoms with Gasteiger partial charge >= 0.3 is 0 Å². The summed E-state index contributed by atoms with van der Waals surface area (Å²) >= 11 is 0. The molecule has 14 heavy (non-hydrogen) atoms. The Morgan fingerprint density at radius 1 is 1.43 bits per heavy atom. The Morgan fingerprint density at radius 3 is 2.57 bits per heavy atom. The molecule has 0 saturated carbocycles. The first-order valence-electron chi connectivity index (χ1n) is 5.00. The number of hydrogen-bond donors (Lipinski definition) is 0. The predicted octanol–water partition coefficient (Wildman–Crippen LogP) is 2.39. The summed E-state index contributed by atoms with van der Waals surface area (Å²) in [7, 11) is 0. The molecule has 0 aliphatic carbocycles. The highest BCUT2D eigenvalue weighted by atomic mass is 16.1. The highest BCUT2D eigenvalue weighted by Crippen LogP contribution is 2.15. The summed E-state index contributed by atoms with van der Waals surface area (Å²) in [5.41, 5.74) is 4.43. The van der Waals surface area contributed by atoms with Gasteiger partial charge in [0.1, 0.15) is 5.78 Å². The maximum absolute atomic E-state index is 11.1. The summed E-state index contributed by atoms with van der Waals surface area (Å²) in [5, 5.41) is 0. The van der Waals surface area contributed by atoms with Crippen LogP contribution in [0.25, 0.3) is 0 Å². The number of ketones is 1. The standard InChI is InChI=1S/C12H17NO/c1-5-12-10(4)13-8(2)6-11(12)7-9(3)14/h6H,5,7H2,1-4H3. The van der Waals surface area contributed by atoms with Gasteiger partial charge in [0.15, 0.2) is 0 Å². The van der Waals surface area contributed by atoms with E-state index in [1.54, 1.807) is 6.92 Å². The molecule has 1 rings (SSSR count). The van der Waals surface area contributed by atoms with Crippen molar-refractivity contribution in [3.8, 4) is 0 Å². The van der Waals surface area contributed by atoms with E-state index in [0.717, 1.165) is 23.4 Å². The topological polar surface area (TPSA) is 30.0 Å². The fourth-order valence-corrected chi connectivity index (χ4v) is 1.84. The van der Waals surface area contributed by atoms with E-state index in [1.807, 2.05) is 19.9 Å². The predicted molar refractivity (Wildman–Crippen MR) is 57.5 cm³/mol. The molecule has 0 unspecified atom stereocenters. The third kappa shape index (κ3) is 2.41. The number of rotatable bonds is 3. The molecule has 1 heterocycles. The zero-order valence-corrected chi connectivity index (χ0v) is 9.35. The average Bonchev–Trinajstić information content (AvgIpc) is 2.01. The van der Waals surface area contributed by atoms with Gasteiger partial charge in [-0.1, -0.05) is 6.92 Å². The molecule has 2 heteroatoms. The lowest BCUT2D eigenvalue weighted by Crippen LogP contribution is -2.05. The number of aromatic nitrogens is 1. The maximum Gasteiger partial charge on any atom is 0.134 e. The first-order chi connectivity index (χ1) is 6.54. The zero-order chi connectivity index (χ0) is 10.7. The van der Waals surface area contributed by atoms with Gasteiger partial charge in [-0.3, -0.25) is 9.78 Å². The van der Waals surface area contributed by atoms with Crippen molar-refractivity contribution < 1.29 is 4.79 Å². The van der Waals surface area contributed by atoms with Crippen LogP contribution in [0.15, 0.2) is 6.07 Å². The van der Waals surface area contributed by atoms with Crippen LogP contribution < -0.4 is 0 Å². The zero-order valence-electron chi connectivity index (χ0n) is 9.35. The number of nitrogens with zero attached hydrogens (tertiary/aromatic N) is 1. The van der Waals surface area contributed by atoms with Gasteiger partial charge in [0.25, 0.3) is 0 Å². The van der Waals surface area contributed by atoms with Crippen molar-refractivity contribution >= 4 is 5.78 Å². The summed E-state index contributed by atoms with van der Waals surface area (Å²) in [6, 6.07) is 2.02. The van der Waals surface area contributed by atoms with Crippen LogP contribution in [0.5, 0.6) is 0 Å². The number of carbonyl (C=O) groups excluding carboxylic acids is 1. The molecule has 1 aromatic rings. The van der Waals surface area contributed by atoms with Gasteiger partial charge < -0.3 is 0 Å². The first kappa shape index (κ1) is 10.9. The average molecular weight is 191 g/mol. The Kier molecular flexibility index (Phi) is 3.39. The maximum atomic E-state index is 11.1. The van der Waals surface area contributed by atoms with Crippen molar-refractivity contribution in [3.05, 3.63) is 28.6 Å². The van der Waals surface area contributed by atoms with Crippen molar-refractivity contribution in [1.29, 1.82) is 0 Å². The number of aryl methyl sites for hydroxylation is 2. The second-order valence-electron chi connectivity index (χ2n) is 3.72. The Bertz CT molecular complexity index is 356. The van der Waals surface area contributed by atoms with E-state index in [9.17, 15) is 4.79 Å². The van der Waals surface area contributed by atoms with Crippen LogP contribution in [-0.2, 0) is 17.6 Å². The fourth-order valence-electron chi connectivity index (χ4n) is 1.84. The molecule has 0 atom stereocenters. The van der Waals surface area contributed by atoms with Crippen LogP contribution in [-0.4, -0.2) is 10.8 Å². The summed E-state index contributed by atoms with van der Waals surface area (Å²) < 4.78 is 0. The lowest BCUT2D eigenvalue weighted by Gasteiger charge is -2.10. The molecule has 0 spiro atoms. The van der Waals surface area contributed by atoms with Crippen molar-refractivity contribution in [2.45, 2.75) is 40.5 Å². The van der Waals surface area contributed by atoms with Crippen LogP contribution >= 0.6 is 0 Å². The monoisotopic (exact) mass is 191 g/mol. The fraction of sp³-hybridized carbons (Fsp3) is 0.500. The van der Waals surface area contributed by atoms with Crippen molar-refractivity contribution in [3.63, 3.8) is 0 Å². The lowest BCUT2D eigenvalue weighted by molar-refractivity contribution is -0.116. The molecule has 0 aliphatic heterocycles. The summed E-state index contributed by atoms with van der Waals surface area (Å²) in [5.74, 6) is 0.213. The largest absolute Gasteiger partial charge is 0.300 e. The van der Waals surface area contributed by atoms with Gasteiger partial charge in [-0.05, 0) is 44.4 Å². The van der Waals surface area contributed by atoms with E-state index < -0.39 is 0 Å². The van der Waals surface area contributed by atoms with Gasteiger partial charge in [-0.25, -0.2) is 0 Å². The Balaban J connectivity index is 3.17. The van der Waals surface area contributed by atoms with E-state index in [-0.39, 0.29) is 5.78 Å². The molecule has 76 valence electrons. The van der Waals surface area contributed by atoms with E-state index in [4.69, 9.17) is 0 Å². The number of pyridine rings is 1. The molecule has 0 aromatic carbocycles. The van der Waals surface area contributed by atoms with Gasteiger partial charge in [0.2, 0.25) is 0 Å². The third-order valence-electron chi connectivity index (χ3n) is 2.34. The normalized spacial score (nSPS) is 10.3. The van der Waals surface area contributed by atoms with Gasteiger partial charge in [-0.15, -0.1) is 0 Å². The van der Waals surface area contributed by atoms with Crippen LogP contribution in [0, 0.1) is 13.8 Å². The molecule has 0 N–H and O–H groups in total. The van der Waals surface area contributed by atoms with Crippen molar-refractivity contribution in [2.75, 3.05) is 0 Å². The molecule has 0 aliphatic rings. The Hall–Kier alpha value is -1.18. The van der Waals surface area contributed by atoms with Gasteiger partial charge in [0.05, 0.1) is 0 Å². The highest BCUT2D eigenvalue weighted by Gasteiger charge is 2.08. The third-order valence-corrected chi connectivity index (χ3v) is 2.34. The van der Waals surface area contributed by atoms with Crippen LogP contribution in [0.4, 0.5) is 0 Å². The summed E-state index contributed by atoms with van der Waals surface area (Å²) in [6.45, 7) is 7.71. The number of Topliss-reactive ketones (excluding diaryl/α,β-unsaturated/α-hetero) is 1. The summed E-state index contributed by atoms with van der Waals surface area (Å²) in [4.78, 5) is 15.5. The van der Waals surface area contributed by atoms with Gasteiger partial charge in [-0.2, -0.15) is 0 Å². The van der Waals surface area contributed by atoms with E-state index >= 15 is 0 Å². The minimum atomic E-state index is 0.213. The van der Waals surface area contributed by atoms with E-state index in [0.29, 0.717) is 6.42 Å². The second-order valence-corrected chi connectivity index (χ2v) is 3.72. The smallest absolute Gasteiger partial charge is 0.134 e. The van der Waals surface area contributed by atoms with Crippen molar-refractivity contribution in [1.82, 2.24) is 4.98 Å². The molecular formula is C12H17NO. The van der Waals surface area contributed by atoms with E-state index in [2.05, 4.69) is 11.9 Å². The molecule has 0 saturated heterocycles. The quantitative estimate of drug-likeness (QED) is 0.734. The lowest BCUT2D eigenvalue weighted by atomic mass is 9.99. The number of carbonyl (C=O) groups is 1. The molecule has 0 fully saturated rings. The molecule has 2 nitrogen and oxygen atoms in total. The van der Waals surface area contributed by atoms with Crippen LogP contribution in [0.2, 0.25) is 0 Å². The molecule has 0 bridgehead atoms. The summed E-state index contributed by atoms with van der Waals surface area (Å²) in [6.07, 6.45) is 1.48. The van der Waals surface area contributed by atoms with Crippen molar-refractivity contribution in [2.24, 2.45) is 0 Å². The minimum Gasteiger partial charge on any atom is -0.300 e. The highest BCUT2D eigenvalue weighted by molar-refractivity contribution is 5.78. The van der Waals surface area contributed by atoms with Gasteiger partial charge in [0, 0.05) is 17.8 Å². The molecule has 0 radical (unpaired) electrons. The van der Waals surface area contributed by atoms with Crippen LogP contribution in [0.1, 0.15) is 36.4 Å². The Labute approximate surface area is 85.4 Å². The molecular weight excluding hydrogens is 174 g/mol. The Morgan fingerprint density at radius 2 is 2.07 bits per heavy atom. The molecule has 0 amide bonds. The van der Waals surface area contributed by atoms with Crippen LogP contribution in [0.3, 0.4) is 0 Å². The van der Waals surface area contributed by atoms with E-state index in [1.165, 1.54) is 5.56 Å². The number of hydrogen-bond acceptors (Lipinski definition) is 2. The second kappa shape index (κ2) is 4.36. The first-order valence-corrected chi connectivity index (χ1v) is 5.00. The SMILES string of the molecule is CCc1c(CC(C)=O)cc(C)nc1C.